The summed E-state index contributed by atoms with van der Waals surface area (Å²) in [5, 5.41) is 5.86. The highest BCUT2D eigenvalue weighted by molar-refractivity contribution is 6.32. The molecule has 0 saturated heterocycles. The molecule has 2 amide bonds. The summed E-state index contributed by atoms with van der Waals surface area (Å²) in [4.78, 5) is 25.3. The number of ether oxygens (including phenoxy) is 2. The van der Waals surface area contributed by atoms with Crippen molar-refractivity contribution in [1.82, 2.24) is 5.32 Å². The molecule has 2 aromatic rings. The average molecular weight is 391 g/mol. The molecule has 27 heavy (non-hydrogen) atoms. The molecule has 0 fully saturated rings. The lowest BCUT2D eigenvalue weighted by Crippen LogP contribution is -2.44. The fourth-order valence-electron chi connectivity index (χ4n) is 2.34. The second-order valence-corrected chi connectivity index (χ2v) is 6.84. The van der Waals surface area contributed by atoms with Gasteiger partial charge in [-0.25, -0.2) is 0 Å². The smallest absolute Gasteiger partial charge is 0.239 e. The number of halogens is 1. The second kappa shape index (κ2) is 8.77. The van der Waals surface area contributed by atoms with Crippen LogP contribution in [-0.4, -0.2) is 26.0 Å². The SMILES string of the molecule is COc1cc(NC(=O)C(C)(C)C(=O)NCc2ccccc2)c(OC)cc1Cl. The maximum absolute atomic E-state index is 12.7. The van der Waals surface area contributed by atoms with Gasteiger partial charge >= 0.3 is 0 Å². The zero-order chi connectivity index (χ0) is 20.0. The van der Waals surface area contributed by atoms with E-state index in [0.717, 1.165) is 5.56 Å². The molecule has 2 rings (SSSR count). The Bertz CT molecular complexity index is 822. The van der Waals surface area contributed by atoms with Crippen molar-refractivity contribution in [2.75, 3.05) is 19.5 Å². The van der Waals surface area contributed by atoms with Crippen molar-refractivity contribution in [1.29, 1.82) is 0 Å². The van der Waals surface area contributed by atoms with Gasteiger partial charge < -0.3 is 20.1 Å². The van der Waals surface area contributed by atoms with Gasteiger partial charge in [0.2, 0.25) is 11.8 Å². The molecule has 6 nitrogen and oxygen atoms in total. The van der Waals surface area contributed by atoms with Gasteiger partial charge in [-0.15, -0.1) is 0 Å². The van der Waals surface area contributed by atoms with Gasteiger partial charge in [0, 0.05) is 18.7 Å². The number of rotatable bonds is 7. The zero-order valence-corrected chi connectivity index (χ0v) is 16.5. The minimum atomic E-state index is -1.30. The first-order valence-electron chi connectivity index (χ1n) is 8.34. The number of methoxy groups -OCH3 is 2. The van der Waals surface area contributed by atoms with E-state index in [-0.39, 0.29) is 5.91 Å². The molecule has 2 N–H and O–H groups in total. The van der Waals surface area contributed by atoms with Crippen LogP contribution in [0.15, 0.2) is 42.5 Å². The lowest BCUT2D eigenvalue weighted by molar-refractivity contribution is -0.138. The summed E-state index contributed by atoms with van der Waals surface area (Å²) in [7, 11) is 2.94. The Hall–Kier alpha value is -2.73. The number of carbonyl (C=O) groups excluding carboxylic acids is 2. The molecule has 0 saturated carbocycles. The number of hydrogen-bond acceptors (Lipinski definition) is 4. The molecule has 2 aromatic carbocycles. The highest BCUT2D eigenvalue weighted by Crippen LogP contribution is 2.36. The number of carbonyl (C=O) groups is 2. The Kier molecular flexibility index (Phi) is 6.69. The first-order valence-corrected chi connectivity index (χ1v) is 8.72. The molecule has 0 unspecified atom stereocenters. The van der Waals surface area contributed by atoms with Gasteiger partial charge in [0.25, 0.3) is 0 Å². The maximum atomic E-state index is 12.7. The van der Waals surface area contributed by atoms with Crippen LogP contribution < -0.4 is 20.1 Å². The van der Waals surface area contributed by atoms with E-state index in [9.17, 15) is 9.59 Å². The van der Waals surface area contributed by atoms with Gasteiger partial charge in [-0.3, -0.25) is 9.59 Å². The Labute approximate surface area is 163 Å². The topological polar surface area (TPSA) is 76.7 Å². The number of benzene rings is 2. The molecule has 0 bridgehead atoms. The van der Waals surface area contributed by atoms with E-state index in [1.54, 1.807) is 26.0 Å². The number of hydrogen-bond donors (Lipinski definition) is 2. The van der Waals surface area contributed by atoms with Crippen LogP contribution in [-0.2, 0) is 16.1 Å². The van der Waals surface area contributed by atoms with Gasteiger partial charge in [0.15, 0.2) is 0 Å². The third kappa shape index (κ3) is 4.92. The van der Waals surface area contributed by atoms with Gasteiger partial charge in [-0.2, -0.15) is 0 Å². The summed E-state index contributed by atoms with van der Waals surface area (Å²) < 4.78 is 10.4. The van der Waals surface area contributed by atoms with Crippen molar-refractivity contribution < 1.29 is 19.1 Å². The van der Waals surface area contributed by atoms with Crippen molar-refractivity contribution in [2.45, 2.75) is 20.4 Å². The maximum Gasteiger partial charge on any atom is 0.239 e. The van der Waals surface area contributed by atoms with E-state index in [4.69, 9.17) is 21.1 Å². The van der Waals surface area contributed by atoms with Gasteiger partial charge in [-0.1, -0.05) is 41.9 Å². The largest absolute Gasteiger partial charge is 0.495 e. The minimum absolute atomic E-state index is 0.342. The summed E-state index contributed by atoms with van der Waals surface area (Å²) in [6.45, 7) is 3.46. The summed E-state index contributed by atoms with van der Waals surface area (Å²) in [5.41, 5.74) is 0.0194. The van der Waals surface area contributed by atoms with Crippen molar-refractivity contribution in [3.05, 3.63) is 53.1 Å². The summed E-state index contributed by atoms with van der Waals surface area (Å²) in [5.74, 6) is -0.103. The highest BCUT2D eigenvalue weighted by Gasteiger charge is 2.36. The fourth-order valence-corrected chi connectivity index (χ4v) is 2.57. The minimum Gasteiger partial charge on any atom is -0.495 e. The van der Waals surface area contributed by atoms with Crippen molar-refractivity contribution in [3.63, 3.8) is 0 Å². The molecule has 144 valence electrons. The standard InChI is InChI=1S/C20H23ClN2O4/c1-20(2,18(24)22-12-13-8-6-5-7-9-13)19(25)23-15-11-16(26-3)14(21)10-17(15)27-4/h5-11H,12H2,1-4H3,(H,22,24)(H,23,25). The van der Waals surface area contributed by atoms with Gasteiger partial charge in [0.05, 0.1) is 24.9 Å². The summed E-state index contributed by atoms with van der Waals surface area (Å²) in [6.07, 6.45) is 0. The van der Waals surface area contributed by atoms with Crippen LogP contribution in [0.4, 0.5) is 5.69 Å². The Morgan fingerprint density at radius 2 is 1.63 bits per heavy atom. The Morgan fingerprint density at radius 3 is 2.22 bits per heavy atom. The predicted molar refractivity (Wildman–Crippen MR) is 105 cm³/mol. The van der Waals surface area contributed by atoms with E-state index >= 15 is 0 Å². The quantitative estimate of drug-likeness (QED) is 0.707. The average Bonchev–Trinajstić information content (AvgIpc) is 2.67. The zero-order valence-electron chi connectivity index (χ0n) is 15.8. The Balaban J connectivity index is 2.12. The molecule has 0 aromatic heterocycles. The molecule has 0 aliphatic rings. The molecule has 7 heteroatoms. The molecule has 0 atom stereocenters. The van der Waals surface area contributed by atoms with E-state index in [1.165, 1.54) is 14.2 Å². The van der Waals surface area contributed by atoms with Crippen molar-refractivity contribution >= 4 is 29.1 Å². The molecular weight excluding hydrogens is 368 g/mol. The lowest BCUT2D eigenvalue weighted by Gasteiger charge is -2.23. The second-order valence-electron chi connectivity index (χ2n) is 6.43. The lowest BCUT2D eigenvalue weighted by atomic mass is 9.90. The normalized spacial score (nSPS) is 10.9. The summed E-state index contributed by atoms with van der Waals surface area (Å²) in [6, 6.07) is 12.6. The van der Waals surface area contributed by atoms with Gasteiger partial charge in [0.1, 0.15) is 16.9 Å². The number of anilines is 1. The predicted octanol–water partition coefficient (Wildman–Crippen LogP) is 3.64. The van der Waals surface area contributed by atoms with Gasteiger partial charge in [-0.05, 0) is 19.4 Å². The third-order valence-electron chi connectivity index (χ3n) is 4.15. The van der Waals surface area contributed by atoms with Crippen LogP contribution >= 0.6 is 11.6 Å². The van der Waals surface area contributed by atoms with E-state index < -0.39 is 11.3 Å². The van der Waals surface area contributed by atoms with Crippen LogP contribution in [0.3, 0.4) is 0 Å². The van der Waals surface area contributed by atoms with Crippen LogP contribution in [0.1, 0.15) is 19.4 Å². The van der Waals surface area contributed by atoms with Crippen LogP contribution in [0, 0.1) is 5.41 Å². The molecule has 0 aliphatic heterocycles. The molecule has 0 radical (unpaired) electrons. The number of amides is 2. The van der Waals surface area contributed by atoms with Crippen LogP contribution in [0.25, 0.3) is 0 Å². The van der Waals surface area contributed by atoms with Crippen molar-refractivity contribution in [2.24, 2.45) is 5.41 Å². The monoisotopic (exact) mass is 390 g/mol. The number of nitrogens with one attached hydrogen (secondary N) is 2. The third-order valence-corrected chi connectivity index (χ3v) is 4.45. The summed E-state index contributed by atoms with van der Waals surface area (Å²) >= 11 is 6.07. The van der Waals surface area contributed by atoms with E-state index in [0.29, 0.717) is 28.8 Å². The Morgan fingerprint density at radius 1 is 1.00 bits per heavy atom. The fraction of sp³-hybridized carbons (Fsp3) is 0.300. The van der Waals surface area contributed by atoms with Crippen LogP contribution in [0.2, 0.25) is 5.02 Å². The highest BCUT2D eigenvalue weighted by atomic mass is 35.5. The molecule has 0 aliphatic carbocycles. The molecule has 0 heterocycles. The van der Waals surface area contributed by atoms with E-state index in [1.807, 2.05) is 30.3 Å². The van der Waals surface area contributed by atoms with Crippen LogP contribution in [0.5, 0.6) is 11.5 Å². The van der Waals surface area contributed by atoms with E-state index in [2.05, 4.69) is 10.6 Å². The molecular formula is C20H23ClN2O4. The first kappa shape index (κ1) is 20.6. The first-order chi connectivity index (χ1) is 12.8. The van der Waals surface area contributed by atoms with Crippen molar-refractivity contribution in [3.8, 4) is 11.5 Å². The molecule has 0 spiro atoms.